The number of furan rings is 1. The zero-order chi connectivity index (χ0) is 10.6. The molecule has 1 heterocycles. The van der Waals surface area contributed by atoms with Crippen LogP contribution in [0.25, 0.3) is 0 Å². The van der Waals surface area contributed by atoms with Gasteiger partial charge in [-0.1, -0.05) is 6.58 Å². The van der Waals surface area contributed by atoms with Gasteiger partial charge in [0.1, 0.15) is 5.76 Å². The van der Waals surface area contributed by atoms with Crippen LogP contribution in [-0.2, 0) is 10.5 Å². The van der Waals surface area contributed by atoms with E-state index in [4.69, 9.17) is 21.1 Å². The van der Waals surface area contributed by atoms with E-state index in [-0.39, 0.29) is 5.57 Å². The summed E-state index contributed by atoms with van der Waals surface area (Å²) in [7, 11) is 0. The van der Waals surface area contributed by atoms with Crippen LogP contribution in [0.3, 0.4) is 0 Å². The molecule has 14 heavy (non-hydrogen) atoms. The molecule has 0 aromatic carbocycles. The molecule has 1 rings (SSSR count). The second kappa shape index (κ2) is 5.12. The van der Waals surface area contributed by atoms with Crippen molar-refractivity contribution in [2.24, 2.45) is 0 Å². The van der Waals surface area contributed by atoms with Gasteiger partial charge in [0.15, 0.2) is 5.22 Å². The van der Waals surface area contributed by atoms with E-state index < -0.39 is 5.97 Å². The number of carbonyl (C=O) groups is 1. The lowest BCUT2D eigenvalue weighted by atomic mass is 10.4. The van der Waals surface area contributed by atoms with Gasteiger partial charge in [0, 0.05) is 11.3 Å². The van der Waals surface area contributed by atoms with Gasteiger partial charge in [0.25, 0.3) is 0 Å². The lowest BCUT2D eigenvalue weighted by molar-refractivity contribution is -0.132. The van der Waals surface area contributed by atoms with Crippen molar-refractivity contribution in [1.82, 2.24) is 0 Å². The first-order valence-corrected chi connectivity index (χ1v) is 5.36. The van der Waals surface area contributed by atoms with E-state index in [0.29, 0.717) is 16.7 Å². The number of halogens is 1. The third-order valence-electron chi connectivity index (χ3n) is 1.45. The van der Waals surface area contributed by atoms with E-state index >= 15 is 0 Å². The lowest BCUT2D eigenvalue weighted by Gasteiger charge is -1.98. The Hall–Kier alpha value is -0.870. The second-order valence-corrected chi connectivity index (χ2v) is 3.97. The molecule has 0 atom stereocenters. The molecule has 0 aliphatic rings. The zero-order valence-corrected chi connectivity index (χ0v) is 8.90. The first-order chi connectivity index (χ1) is 6.59. The van der Waals surface area contributed by atoms with Crippen molar-refractivity contribution in [3.8, 4) is 0 Å². The summed E-state index contributed by atoms with van der Waals surface area (Å²) in [6, 6.07) is 3.42. The molecule has 0 spiro atoms. The number of carboxylic acids is 1. The maximum atomic E-state index is 10.4. The zero-order valence-electron chi connectivity index (χ0n) is 7.33. The quantitative estimate of drug-likeness (QED) is 0.794. The summed E-state index contributed by atoms with van der Waals surface area (Å²) in [6.45, 7) is 3.41. The highest BCUT2D eigenvalue weighted by atomic mass is 35.5. The van der Waals surface area contributed by atoms with Crippen LogP contribution in [0.4, 0.5) is 0 Å². The third-order valence-corrected chi connectivity index (χ3v) is 2.70. The number of hydrogen-bond donors (Lipinski definition) is 1. The van der Waals surface area contributed by atoms with E-state index in [2.05, 4.69) is 6.58 Å². The van der Waals surface area contributed by atoms with Gasteiger partial charge in [-0.15, -0.1) is 11.8 Å². The first kappa shape index (κ1) is 11.2. The highest BCUT2D eigenvalue weighted by Crippen LogP contribution is 2.19. The van der Waals surface area contributed by atoms with Gasteiger partial charge in [-0.2, -0.15) is 0 Å². The van der Waals surface area contributed by atoms with Crippen molar-refractivity contribution in [1.29, 1.82) is 0 Å². The van der Waals surface area contributed by atoms with Crippen LogP contribution in [0.15, 0.2) is 28.7 Å². The molecule has 0 bridgehead atoms. The van der Waals surface area contributed by atoms with Gasteiger partial charge >= 0.3 is 5.97 Å². The Balaban J connectivity index is 2.29. The van der Waals surface area contributed by atoms with E-state index in [1.807, 2.05) is 0 Å². The van der Waals surface area contributed by atoms with Gasteiger partial charge in [0.05, 0.1) is 5.75 Å². The molecule has 0 saturated heterocycles. The molecule has 5 heteroatoms. The summed E-state index contributed by atoms with van der Waals surface area (Å²) < 4.78 is 5.09. The van der Waals surface area contributed by atoms with E-state index in [9.17, 15) is 4.79 Å². The standard InChI is InChI=1S/C9H9ClO3S/c1-6(9(11)12)4-14-5-7-2-3-8(10)13-7/h2-3H,1,4-5H2,(H,11,12). The Labute approximate surface area is 90.7 Å². The number of hydrogen-bond acceptors (Lipinski definition) is 3. The summed E-state index contributed by atoms with van der Waals surface area (Å²) in [5, 5.41) is 8.87. The lowest BCUT2D eigenvalue weighted by Crippen LogP contribution is -2.01. The minimum absolute atomic E-state index is 0.188. The summed E-state index contributed by atoms with van der Waals surface area (Å²) >= 11 is 6.99. The average molecular weight is 233 g/mol. The predicted octanol–water partition coefficient (Wildman–Crippen LogP) is 2.81. The van der Waals surface area contributed by atoms with Gasteiger partial charge in [-0.3, -0.25) is 0 Å². The summed E-state index contributed by atoms with van der Waals surface area (Å²) in [4.78, 5) is 10.4. The number of carboxylic acid groups (broad SMARTS) is 1. The van der Waals surface area contributed by atoms with Crippen molar-refractivity contribution in [2.75, 3.05) is 5.75 Å². The van der Waals surface area contributed by atoms with E-state index in [1.54, 1.807) is 12.1 Å². The molecular formula is C9H9ClO3S. The number of thioether (sulfide) groups is 1. The Morgan fingerprint density at radius 3 is 2.86 bits per heavy atom. The van der Waals surface area contributed by atoms with Crippen LogP contribution in [0.2, 0.25) is 5.22 Å². The van der Waals surface area contributed by atoms with Crippen LogP contribution in [0.5, 0.6) is 0 Å². The van der Waals surface area contributed by atoms with Crippen molar-refractivity contribution in [3.05, 3.63) is 35.3 Å². The molecule has 1 aromatic rings. The topological polar surface area (TPSA) is 50.4 Å². The monoisotopic (exact) mass is 232 g/mol. The summed E-state index contributed by atoms with van der Waals surface area (Å²) in [5.74, 6) is 0.750. The molecule has 0 aliphatic heterocycles. The second-order valence-electron chi connectivity index (χ2n) is 2.61. The highest BCUT2D eigenvalue weighted by molar-refractivity contribution is 7.98. The minimum Gasteiger partial charge on any atom is -0.478 e. The molecule has 0 amide bonds. The van der Waals surface area contributed by atoms with Gasteiger partial charge < -0.3 is 9.52 Å². The van der Waals surface area contributed by atoms with Gasteiger partial charge in [0.2, 0.25) is 0 Å². The molecular weight excluding hydrogens is 224 g/mol. The molecule has 76 valence electrons. The maximum absolute atomic E-state index is 10.4. The molecule has 1 aromatic heterocycles. The molecule has 0 saturated carbocycles. The normalized spacial score (nSPS) is 10.1. The van der Waals surface area contributed by atoms with Crippen molar-refractivity contribution >= 4 is 29.3 Å². The number of aliphatic carboxylic acids is 1. The van der Waals surface area contributed by atoms with Crippen LogP contribution in [0, 0.1) is 0 Å². The molecule has 0 fully saturated rings. The largest absolute Gasteiger partial charge is 0.478 e. The van der Waals surface area contributed by atoms with Gasteiger partial charge in [-0.05, 0) is 23.7 Å². The molecule has 3 nitrogen and oxygen atoms in total. The summed E-state index contributed by atoms with van der Waals surface area (Å²) in [5.41, 5.74) is 0.188. The van der Waals surface area contributed by atoms with Crippen LogP contribution in [0.1, 0.15) is 5.76 Å². The van der Waals surface area contributed by atoms with E-state index in [0.717, 1.165) is 5.76 Å². The minimum atomic E-state index is -0.963. The van der Waals surface area contributed by atoms with Crippen molar-refractivity contribution in [2.45, 2.75) is 5.75 Å². The Morgan fingerprint density at radius 2 is 2.36 bits per heavy atom. The molecule has 1 N–H and O–H groups in total. The maximum Gasteiger partial charge on any atom is 0.331 e. The Morgan fingerprint density at radius 1 is 1.64 bits per heavy atom. The molecule has 0 unspecified atom stereocenters. The molecule has 0 radical (unpaired) electrons. The fraction of sp³-hybridized carbons (Fsp3) is 0.222. The number of rotatable bonds is 5. The third kappa shape index (κ3) is 3.47. The first-order valence-electron chi connectivity index (χ1n) is 3.82. The van der Waals surface area contributed by atoms with Crippen molar-refractivity contribution < 1.29 is 14.3 Å². The highest BCUT2D eigenvalue weighted by Gasteiger charge is 2.05. The van der Waals surface area contributed by atoms with Crippen LogP contribution < -0.4 is 0 Å². The fourth-order valence-electron chi connectivity index (χ4n) is 0.766. The molecule has 0 aliphatic carbocycles. The summed E-state index contributed by atoms with van der Waals surface area (Å²) in [6.07, 6.45) is 0. The fourth-order valence-corrected chi connectivity index (χ4v) is 1.76. The van der Waals surface area contributed by atoms with E-state index in [1.165, 1.54) is 11.8 Å². The smallest absolute Gasteiger partial charge is 0.331 e. The Kier molecular flexibility index (Phi) is 4.10. The van der Waals surface area contributed by atoms with Crippen molar-refractivity contribution in [3.63, 3.8) is 0 Å². The van der Waals surface area contributed by atoms with Crippen LogP contribution >= 0.6 is 23.4 Å². The predicted molar refractivity (Wildman–Crippen MR) is 56.7 cm³/mol. The van der Waals surface area contributed by atoms with Gasteiger partial charge in [-0.25, -0.2) is 4.79 Å². The average Bonchev–Trinajstić information content (AvgIpc) is 2.51. The Bertz CT molecular complexity index is 346. The van der Waals surface area contributed by atoms with Crippen LogP contribution in [-0.4, -0.2) is 16.8 Å². The SMILES string of the molecule is C=C(CSCc1ccc(Cl)o1)C(=O)O.